The maximum atomic E-state index is 13.3. The number of nitrogens with two attached hydrogens (primary N) is 1. The Morgan fingerprint density at radius 1 is 1.41 bits per heavy atom. The molecule has 0 radical (unpaired) electrons. The van der Waals surface area contributed by atoms with Crippen LogP contribution in [0.1, 0.15) is 44.4 Å². The van der Waals surface area contributed by atoms with Crippen LogP contribution in [0.25, 0.3) is 0 Å². The van der Waals surface area contributed by atoms with Crippen molar-refractivity contribution in [1.29, 1.82) is 0 Å². The van der Waals surface area contributed by atoms with Gasteiger partial charge in [-0.25, -0.2) is 4.39 Å². The maximum Gasteiger partial charge on any atom is 0.123 e. The van der Waals surface area contributed by atoms with Crippen molar-refractivity contribution < 1.29 is 9.13 Å². The Labute approximate surface area is 103 Å². The van der Waals surface area contributed by atoms with E-state index in [2.05, 4.69) is 0 Å². The van der Waals surface area contributed by atoms with E-state index in [1.54, 1.807) is 6.07 Å². The average molecular weight is 239 g/mol. The van der Waals surface area contributed by atoms with Crippen molar-refractivity contribution in [3.63, 3.8) is 0 Å². The van der Waals surface area contributed by atoms with Crippen LogP contribution in [0.3, 0.4) is 0 Å². The van der Waals surface area contributed by atoms with E-state index in [0.717, 1.165) is 17.5 Å². The van der Waals surface area contributed by atoms with Crippen LogP contribution < -0.4 is 5.73 Å². The van der Waals surface area contributed by atoms with E-state index >= 15 is 0 Å². The molecule has 0 spiro atoms. The van der Waals surface area contributed by atoms with Crippen LogP contribution in [0.5, 0.6) is 0 Å². The van der Waals surface area contributed by atoms with Crippen LogP contribution in [0.2, 0.25) is 0 Å². The Balaban J connectivity index is 3.09. The van der Waals surface area contributed by atoms with Crippen LogP contribution in [-0.2, 0) is 4.74 Å². The molecule has 3 heteroatoms. The van der Waals surface area contributed by atoms with Gasteiger partial charge in [0.05, 0.1) is 11.6 Å². The molecule has 0 aromatic heterocycles. The molecular formula is C14H22FNO. The fraction of sp³-hybridized carbons (Fsp3) is 0.571. The number of halogens is 1. The van der Waals surface area contributed by atoms with Gasteiger partial charge in [-0.3, -0.25) is 0 Å². The first-order valence-corrected chi connectivity index (χ1v) is 6.10. The molecule has 0 fully saturated rings. The molecule has 0 aliphatic heterocycles. The second-order valence-electron chi connectivity index (χ2n) is 4.58. The molecule has 2 N–H and O–H groups in total. The molecule has 1 aromatic rings. The largest absolute Gasteiger partial charge is 0.374 e. The van der Waals surface area contributed by atoms with E-state index < -0.39 is 5.60 Å². The molecule has 2 unspecified atom stereocenters. The van der Waals surface area contributed by atoms with Gasteiger partial charge in [0.25, 0.3) is 0 Å². The highest BCUT2D eigenvalue weighted by Gasteiger charge is 2.32. The highest BCUT2D eigenvalue weighted by atomic mass is 19.1. The minimum absolute atomic E-state index is 0.254. The molecule has 0 aliphatic carbocycles. The summed E-state index contributed by atoms with van der Waals surface area (Å²) in [4.78, 5) is 0. The van der Waals surface area contributed by atoms with E-state index in [1.165, 1.54) is 12.1 Å². The second-order valence-corrected chi connectivity index (χ2v) is 4.58. The first-order chi connectivity index (χ1) is 7.94. The van der Waals surface area contributed by atoms with Crippen molar-refractivity contribution in [3.05, 3.63) is 35.1 Å². The van der Waals surface area contributed by atoms with Gasteiger partial charge < -0.3 is 10.5 Å². The summed E-state index contributed by atoms with van der Waals surface area (Å²) in [6, 6.07) is 4.40. The molecule has 2 nitrogen and oxygen atoms in total. The summed E-state index contributed by atoms with van der Waals surface area (Å²) >= 11 is 0. The van der Waals surface area contributed by atoms with Crippen molar-refractivity contribution in [2.45, 2.75) is 45.8 Å². The molecule has 0 aliphatic rings. The van der Waals surface area contributed by atoms with Crippen molar-refractivity contribution in [1.82, 2.24) is 0 Å². The molecular weight excluding hydrogens is 217 g/mol. The Hall–Kier alpha value is -0.930. The topological polar surface area (TPSA) is 35.2 Å². The van der Waals surface area contributed by atoms with Crippen LogP contribution >= 0.6 is 0 Å². The molecule has 1 rings (SSSR count). The van der Waals surface area contributed by atoms with Crippen LogP contribution in [0.15, 0.2) is 18.2 Å². The quantitative estimate of drug-likeness (QED) is 0.855. The average Bonchev–Trinajstić information content (AvgIpc) is 2.31. The zero-order valence-electron chi connectivity index (χ0n) is 11.1. The van der Waals surface area contributed by atoms with Gasteiger partial charge in [-0.1, -0.05) is 13.0 Å². The van der Waals surface area contributed by atoms with Crippen LogP contribution in [0.4, 0.5) is 4.39 Å². The third-order valence-electron chi connectivity index (χ3n) is 3.41. The van der Waals surface area contributed by atoms with E-state index in [4.69, 9.17) is 10.5 Å². The van der Waals surface area contributed by atoms with Crippen molar-refractivity contribution in [2.24, 2.45) is 5.73 Å². The lowest BCUT2D eigenvalue weighted by atomic mass is 9.86. The molecule has 17 heavy (non-hydrogen) atoms. The SMILES string of the molecule is CCOC(C)(CC)C(N)c1cc(F)ccc1C. The van der Waals surface area contributed by atoms with E-state index in [1.807, 2.05) is 27.7 Å². The summed E-state index contributed by atoms with van der Waals surface area (Å²) in [7, 11) is 0. The number of hydrogen-bond acceptors (Lipinski definition) is 2. The number of hydrogen-bond donors (Lipinski definition) is 1. The van der Waals surface area contributed by atoms with Crippen molar-refractivity contribution >= 4 is 0 Å². The van der Waals surface area contributed by atoms with Crippen LogP contribution in [0, 0.1) is 12.7 Å². The Bertz CT molecular complexity index is 380. The summed E-state index contributed by atoms with van der Waals surface area (Å²) in [5.41, 5.74) is 7.62. The van der Waals surface area contributed by atoms with Gasteiger partial charge in [-0.05, 0) is 50.5 Å². The zero-order valence-corrected chi connectivity index (χ0v) is 11.1. The molecule has 96 valence electrons. The minimum atomic E-state index is -0.451. The smallest absolute Gasteiger partial charge is 0.123 e. The number of ether oxygens (including phenoxy) is 1. The Kier molecular flexibility index (Phi) is 4.66. The first kappa shape index (κ1) is 14.1. The highest BCUT2D eigenvalue weighted by molar-refractivity contribution is 5.31. The molecule has 2 atom stereocenters. The summed E-state index contributed by atoms with van der Waals surface area (Å²) in [5.74, 6) is -0.254. The lowest BCUT2D eigenvalue weighted by molar-refractivity contribution is -0.0474. The third kappa shape index (κ3) is 3.05. The molecule has 1 aromatic carbocycles. The maximum absolute atomic E-state index is 13.3. The monoisotopic (exact) mass is 239 g/mol. The number of rotatable bonds is 5. The minimum Gasteiger partial charge on any atom is -0.374 e. The van der Waals surface area contributed by atoms with Gasteiger partial charge in [0.15, 0.2) is 0 Å². The fourth-order valence-corrected chi connectivity index (χ4v) is 2.02. The van der Waals surface area contributed by atoms with Gasteiger partial charge in [-0.2, -0.15) is 0 Å². The van der Waals surface area contributed by atoms with E-state index in [9.17, 15) is 4.39 Å². The van der Waals surface area contributed by atoms with Gasteiger partial charge in [0.1, 0.15) is 5.82 Å². The molecule has 0 saturated heterocycles. The normalized spacial score (nSPS) is 16.6. The Morgan fingerprint density at radius 3 is 2.59 bits per heavy atom. The number of aryl methyl sites for hydroxylation is 1. The first-order valence-electron chi connectivity index (χ1n) is 6.10. The second kappa shape index (κ2) is 5.61. The third-order valence-corrected chi connectivity index (χ3v) is 3.41. The summed E-state index contributed by atoms with van der Waals surface area (Å²) in [5, 5.41) is 0. The molecule has 0 amide bonds. The van der Waals surface area contributed by atoms with Gasteiger partial charge in [-0.15, -0.1) is 0 Å². The summed E-state index contributed by atoms with van der Waals surface area (Å²) < 4.78 is 19.0. The van der Waals surface area contributed by atoms with E-state index in [-0.39, 0.29) is 11.9 Å². The van der Waals surface area contributed by atoms with E-state index in [0.29, 0.717) is 6.61 Å². The lowest BCUT2D eigenvalue weighted by Crippen LogP contribution is -2.41. The summed E-state index contributed by atoms with van der Waals surface area (Å²) in [6.45, 7) is 8.50. The highest BCUT2D eigenvalue weighted by Crippen LogP contribution is 2.32. The van der Waals surface area contributed by atoms with Crippen molar-refractivity contribution in [2.75, 3.05) is 6.61 Å². The predicted octanol–water partition coefficient (Wildman–Crippen LogP) is 3.34. The fourth-order valence-electron chi connectivity index (χ4n) is 2.02. The molecule has 0 saturated carbocycles. The predicted molar refractivity (Wildman–Crippen MR) is 68.4 cm³/mol. The number of benzene rings is 1. The van der Waals surface area contributed by atoms with Gasteiger partial charge >= 0.3 is 0 Å². The molecule has 0 heterocycles. The zero-order chi connectivity index (χ0) is 13.1. The van der Waals surface area contributed by atoms with Gasteiger partial charge in [0, 0.05) is 6.61 Å². The van der Waals surface area contributed by atoms with Gasteiger partial charge in [0.2, 0.25) is 0 Å². The molecule has 0 bridgehead atoms. The summed E-state index contributed by atoms with van der Waals surface area (Å²) in [6.07, 6.45) is 0.790. The lowest BCUT2D eigenvalue weighted by Gasteiger charge is -2.35. The standard InChI is InChI=1S/C14H22FNO/c1-5-14(4,17-6-2)13(16)12-9-11(15)8-7-10(12)3/h7-9,13H,5-6,16H2,1-4H3. The van der Waals surface area contributed by atoms with Crippen molar-refractivity contribution in [3.8, 4) is 0 Å². The Morgan fingerprint density at radius 2 is 2.06 bits per heavy atom. The van der Waals surface area contributed by atoms with Crippen LogP contribution in [-0.4, -0.2) is 12.2 Å².